The van der Waals surface area contributed by atoms with E-state index in [1.807, 2.05) is 0 Å². The smallest absolute Gasteiger partial charge is 0.410 e. The number of halogens is 3. The standard InChI is InChI=1S/C23H28F3N5O3/c1-33-18-6-5-14(10-19(18)34-2)17-11-20(23(24,25)26)31-21(28-17)16(12-27-31)22(32)30-9-8-29-7-3-4-15(29)13-30/h5-6,10,12,15,17,20,28H,3-4,7-9,11,13H2,1-2H3. The summed E-state index contributed by atoms with van der Waals surface area (Å²) in [4.78, 5) is 17.5. The molecule has 0 radical (unpaired) electrons. The lowest BCUT2D eigenvalue weighted by Gasteiger charge is -2.38. The molecule has 8 nitrogen and oxygen atoms in total. The molecule has 2 fully saturated rings. The summed E-state index contributed by atoms with van der Waals surface area (Å²) in [5.41, 5.74) is 0.781. The number of aromatic nitrogens is 2. The van der Waals surface area contributed by atoms with E-state index in [-0.39, 0.29) is 23.7 Å². The average molecular weight is 480 g/mol. The third-order valence-corrected chi connectivity index (χ3v) is 7.15. The molecule has 5 rings (SSSR count). The number of piperazine rings is 1. The van der Waals surface area contributed by atoms with Crippen molar-refractivity contribution in [1.29, 1.82) is 0 Å². The van der Waals surface area contributed by atoms with Crippen molar-refractivity contribution in [2.75, 3.05) is 45.7 Å². The van der Waals surface area contributed by atoms with E-state index in [1.54, 1.807) is 23.1 Å². The second-order valence-electron chi connectivity index (χ2n) is 9.04. The molecule has 184 valence electrons. The topological polar surface area (TPSA) is 71.9 Å². The van der Waals surface area contributed by atoms with Crippen LogP contribution in [0.4, 0.5) is 19.0 Å². The van der Waals surface area contributed by atoms with Crippen LogP contribution in [0.5, 0.6) is 11.5 Å². The number of ether oxygens (including phenoxy) is 2. The van der Waals surface area contributed by atoms with E-state index >= 15 is 0 Å². The van der Waals surface area contributed by atoms with Crippen LogP contribution in [0.3, 0.4) is 0 Å². The lowest BCUT2D eigenvalue weighted by atomic mass is 9.96. The number of hydrogen-bond donors (Lipinski definition) is 1. The molecule has 11 heteroatoms. The first-order chi connectivity index (χ1) is 16.3. The van der Waals surface area contributed by atoms with Gasteiger partial charge in [0.1, 0.15) is 11.4 Å². The molecule has 1 amide bonds. The fourth-order valence-corrected chi connectivity index (χ4v) is 5.35. The number of anilines is 1. The van der Waals surface area contributed by atoms with E-state index in [0.29, 0.717) is 36.2 Å². The molecule has 1 N–H and O–H groups in total. The summed E-state index contributed by atoms with van der Waals surface area (Å²) in [6.45, 7) is 2.97. The van der Waals surface area contributed by atoms with E-state index in [1.165, 1.54) is 20.4 Å². The number of nitrogens with one attached hydrogen (secondary N) is 1. The molecule has 3 aliphatic heterocycles. The Labute approximate surface area is 195 Å². The predicted molar refractivity (Wildman–Crippen MR) is 118 cm³/mol. The molecule has 3 atom stereocenters. The zero-order chi connectivity index (χ0) is 24.0. The molecule has 4 heterocycles. The molecular formula is C23H28F3N5O3. The number of methoxy groups -OCH3 is 2. The van der Waals surface area contributed by atoms with Gasteiger partial charge in [-0.05, 0) is 37.1 Å². The van der Waals surface area contributed by atoms with Gasteiger partial charge in [-0.3, -0.25) is 9.69 Å². The summed E-state index contributed by atoms with van der Waals surface area (Å²) in [5, 5.41) is 7.17. The molecule has 1 aromatic carbocycles. The van der Waals surface area contributed by atoms with Crippen LogP contribution in [0.25, 0.3) is 0 Å². The minimum Gasteiger partial charge on any atom is -0.493 e. The van der Waals surface area contributed by atoms with Gasteiger partial charge >= 0.3 is 6.18 Å². The van der Waals surface area contributed by atoms with Gasteiger partial charge in [-0.2, -0.15) is 18.3 Å². The molecule has 3 unspecified atom stereocenters. The molecule has 2 saturated heterocycles. The van der Waals surface area contributed by atoms with Gasteiger partial charge in [-0.25, -0.2) is 4.68 Å². The van der Waals surface area contributed by atoms with Crippen LogP contribution in [-0.4, -0.2) is 78.1 Å². The maximum Gasteiger partial charge on any atom is 0.410 e. The number of nitrogens with zero attached hydrogens (tertiary/aromatic N) is 4. The average Bonchev–Trinajstić information content (AvgIpc) is 3.48. The van der Waals surface area contributed by atoms with Crippen LogP contribution in [-0.2, 0) is 0 Å². The molecule has 3 aliphatic rings. The minimum atomic E-state index is -4.52. The zero-order valence-electron chi connectivity index (χ0n) is 19.1. The van der Waals surface area contributed by atoms with Crippen LogP contribution < -0.4 is 14.8 Å². The fraction of sp³-hybridized carbons (Fsp3) is 0.565. The number of alkyl halides is 3. The normalized spacial score (nSPS) is 24.9. The first-order valence-corrected chi connectivity index (χ1v) is 11.5. The van der Waals surface area contributed by atoms with Gasteiger partial charge in [0.05, 0.1) is 26.5 Å². The lowest BCUT2D eigenvalue weighted by molar-refractivity contribution is -0.173. The van der Waals surface area contributed by atoms with Crippen LogP contribution in [0.2, 0.25) is 0 Å². The van der Waals surface area contributed by atoms with E-state index in [9.17, 15) is 18.0 Å². The third-order valence-electron chi connectivity index (χ3n) is 7.15. The van der Waals surface area contributed by atoms with Crippen LogP contribution in [0.1, 0.15) is 47.3 Å². The second kappa shape index (κ2) is 8.68. The summed E-state index contributed by atoms with van der Waals surface area (Å²) in [7, 11) is 2.97. The number of hydrogen-bond acceptors (Lipinski definition) is 6. The highest BCUT2D eigenvalue weighted by atomic mass is 19.4. The first kappa shape index (κ1) is 22.8. The highest BCUT2D eigenvalue weighted by Crippen LogP contribution is 2.45. The number of rotatable bonds is 4. The SMILES string of the molecule is COc1ccc(C2CC(C(F)(F)F)n3ncc(C(=O)N4CCN5CCCC5C4)c3N2)cc1OC. The quantitative estimate of drug-likeness (QED) is 0.724. The van der Waals surface area contributed by atoms with E-state index in [2.05, 4.69) is 15.3 Å². The summed E-state index contributed by atoms with van der Waals surface area (Å²) in [6, 6.07) is 2.82. The van der Waals surface area contributed by atoms with Gasteiger partial charge < -0.3 is 19.7 Å². The Morgan fingerprint density at radius 1 is 1.15 bits per heavy atom. The molecule has 1 aromatic heterocycles. The van der Waals surface area contributed by atoms with Crippen molar-refractivity contribution in [3.05, 3.63) is 35.5 Å². The Morgan fingerprint density at radius 3 is 2.68 bits per heavy atom. The maximum atomic E-state index is 14.1. The van der Waals surface area contributed by atoms with Crippen molar-refractivity contribution < 1.29 is 27.4 Å². The maximum absolute atomic E-state index is 14.1. The summed E-state index contributed by atoms with van der Waals surface area (Å²) >= 11 is 0. The highest BCUT2D eigenvalue weighted by molar-refractivity contribution is 5.99. The van der Waals surface area contributed by atoms with Crippen LogP contribution in [0.15, 0.2) is 24.4 Å². The van der Waals surface area contributed by atoms with Gasteiger partial charge in [-0.15, -0.1) is 0 Å². The van der Waals surface area contributed by atoms with Gasteiger partial charge in [0, 0.05) is 32.1 Å². The highest BCUT2D eigenvalue weighted by Gasteiger charge is 2.48. The summed E-state index contributed by atoms with van der Waals surface area (Å²) in [6.07, 6.45) is -1.37. The lowest BCUT2D eigenvalue weighted by Crippen LogP contribution is -2.52. The number of amides is 1. The Morgan fingerprint density at radius 2 is 1.94 bits per heavy atom. The minimum absolute atomic E-state index is 0.104. The number of carbonyl (C=O) groups is 1. The zero-order valence-corrected chi connectivity index (χ0v) is 19.1. The Balaban J connectivity index is 1.47. The number of fused-ring (bicyclic) bond motifs is 2. The van der Waals surface area contributed by atoms with Crippen molar-refractivity contribution in [2.45, 2.75) is 43.6 Å². The van der Waals surface area contributed by atoms with Crippen molar-refractivity contribution in [3.8, 4) is 11.5 Å². The molecule has 0 spiro atoms. The van der Waals surface area contributed by atoms with Gasteiger partial charge in [0.15, 0.2) is 17.5 Å². The van der Waals surface area contributed by atoms with Crippen LogP contribution in [0, 0.1) is 0 Å². The van der Waals surface area contributed by atoms with E-state index in [4.69, 9.17) is 9.47 Å². The molecular weight excluding hydrogens is 451 g/mol. The molecule has 2 aromatic rings. The Hall–Kier alpha value is -2.95. The Kier molecular flexibility index (Phi) is 5.83. The van der Waals surface area contributed by atoms with Crippen molar-refractivity contribution in [2.24, 2.45) is 0 Å². The Bertz CT molecular complexity index is 1070. The van der Waals surface area contributed by atoms with Gasteiger partial charge in [-0.1, -0.05) is 6.07 Å². The summed E-state index contributed by atoms with van der Waals surface area (Å²) in [5.74, 6) is 0.734. The first-order valence-electron chi connectivity index (χ1n) is 11.5. The van der Waals surface area contributed by atoms with E-state index in [0.717, 1.165) is 30.6 Å². The van der Waals surface area contributed by atoms with Crippen molar-refractivity contribution >= 4 is 11.7 Å². The van der Waals surface area contributed by atoms with Gasteiger partial charge in [0.25, 0.3) is 5.91 Å². The molecule has 34 heavy (non-hydrogen) atoms. The van der Waals surface area contributed by atoms with E-state index < -0.39 is 18.3 Å². The molecule has 0 aliphatic carbocycles. The number of carbonyl (C=O) groups excluding carboxylic acids is 1. The summed E-state index contributed by atoms with van der Waals surface area (Å²) < 4.78 is 53.7. The second-order valence-corrected chi connectivity index (χ2v) is 9.04. The van der Waals surface area contributed by atoms with Crippen LogP contribution >= 0.6 is 0 Å². The van der Waals surface area contributed by atoms with Crippen molar-refractivity contribution in [1.82, 2.24) is 19.6 Å². The number of benzene rings is 1. The monoisotopic (exact) mass is 479 g/mol. The fourth-order valence-electron chi connectivity index (χ4n) is 5.35. The predicted octanol–water partition coefficient (Wildman–Crippen LogP) is 3.48. The van der Waals surface area contributed by atoms with Crippen molar-refractivity contribution in [3.63, 3.8) is 0 Å². The molecule has 0 bridgehead atoms. The largest absolute Gasteiger partial charge is 0.493 e. The van der Waals surface area contributed by atoms with Gasteiger partial charge in [0.2, 0.25) is 0 Å². The third kappa shape index (κ3) is 3.95. The molecule has 0 saturated carbocycles.